The zero-order valence-corrected chi connectivity index (χ0v) is 16.2. The summed E-state index contributed by atoms with van der Waals surface area (Å²) >= 11 is 24.2. The Morgan fingerprint density at radius 1 is 0.962 bits per heavy atom. The minimum absolute atomic E-state index is 0.0778. The van der Waals surface area contributed by atoms with E-state index in [0.717, 1.165) is 4.90 Å². The maximum Gasteiger partial charge on any atom is 0.283 e. The van der Waals surface area contributed by atoms with Crippen molar-refractivity contribution in [2.24, 2.45) is 0 Å². The molecule has 26 heavy (non-hydrogen) atoms. The highest BCUT2D eigenvalue weighted by atomic mass is 35.5. The van der Waals surface area contributed by atoms with Gasteiger partial charge in [-0.25, -0.2) is 4.90 Å². The Labute approximate surface area is 169 Å². The summed E-state index contributed by atoms with van der Waals surface area (Å²) in [6.45, 7) is 0. The quantitative estimate of drug-likeness (QED) is 0.684. The van der Waals surface area contributed by atoms with Crippen LogP contribution in [0.5, 0.6) is 5.75 Å². The van der Waals surface area contributed by atoms with Gasteiger partial charge < -0.3 is 10.1 Å². The second-order valence-corrected chi connectivity index (χ2v) is 6.75. The van der Waals surface area contributed by atoms with E-state index in [1.54, 1.807) is 30.3 Å². The normalized spacial score (nSPS) is 14.3. The molecule has 0 aromatic heterocycles. The number of methoxy groups -OCH3 is 1. The number of benzene rings is 2. The average molecular weight is 432 g/mol. The van der Waals surface area contributed by atoms with Gasteiger partial charge in [0, 0.05) is 5.69 Å². The number of nitrogens with zero attached hydrogens (tertiary/aromatic N) is 1. The summed E-state index contributed by atoms with van der Waals surface area (Å²) in [5, 5.41) is 3.17. The summed E-state index contributed by atoms with van der Waals surface area (Å²) in [6, 6.07) is 9.42. The highest BCUT2D eigenvalue weighted by Crippen LogP contribution is 2.38. The van der Waals surface area contributed by atoms with Crippen molar-refractivity contribution in [2.45, 2.75) is 0 Å². The summed E-state index contributed by atoms with van der Waals surface area (Å²) in [5.74, 6) is -0.891. The molecule has 0 unspecified atom stereocenters. The van der Waals surface area contributed by atoms with Crippen molar-refractivity contribution in [3.05, 3.63) is 62.2 Å². The molecule has 0 fully saturated rings. The van der Waals surface area contributed by atoms with Gasteiger partial charge >= 0.3 is 0 Å². The molecule has 1 aliphatic rings. The topological polar surface area (TPSA) is 58.6 Å². The summed E-state index contributed by atoms with van der Waals surface area (Å²) in [5.41, 5.74) is 0.523. The van der Waals surface area contributed by atoms with Crippen LogP contribution in [-0.2, 0) is 9.59 Å². The Bertz CT molecular complexity index is 959. The molecule has 9 heteroatoms. The first-order valence-corrected chi connectivity index (χ1v) is 8.69. The number of hydrogen-bond acceptors (Lipinski definition) is 4. The molecule has 1 heterocycles. The molecule has 2 aromatic rings. The number of carbonyl (C=O) groups excluding carboxylic acids is 2. The van der Waals surface area contributed by atoms with Crippen LogP contribution in [-0.4, -0.2) is 18.9 Å². The van der Waals surface area contributed by atoms with Crippen molar-refractivity contribution >= 4 is 69.6 Å². The van der Waals surface area contributed by atoms with Gasteiger partial charge in [-0.3, -0.25) is 9.59 Å². The molecule has 0 spiro atoms. The SMILES string of the molecule is COc1ccc(NC2=C(Cl)C(=O)N(c3cccc(Cl)c3Cl)C2=O)cc1Cl. The number of halogens is 4. The minimum Gasteiger partial charge on any atom is -0.495 e. The molecule has 5 nitrogen and oxygen atoms in total. The minimum atomic E-state index is -0.706. The predicted octanol–water partition coefficient (Wildman–Crippen LogP) is 5.09. The molecule has 1 N–H and O–H groups in total. The monoisotopic (exact) mass is 430 g/mol. The first kappa shape index (κ1) is 18.9. The van der Waals surface area contributed by atoms with Gasteiger partial charge in [-0.15, -0.1) is 0 Å². The van der Waals surface area contributed by atoms with Crippen LogP contribution in [0.25, 0.3) is 0 Å². The second kappa shape index (κ2) is 7.37. The van der Waals surface area contributed by atoms with Gasteiger partial charge in [0.2, 0.25) is 0 Å². The van der Waals surface area contributed by atoms with Crippen LogP contribution in [0.15, 0.2) is 47.1 Å². The third-order valence-corrected chi connectivity index (χ3v) is 5.08. The first-order chi connectivity index (χ1) is 12.3. The van der Waals surface area contributed by atoms with E-state index in [0.29, 0.717) is 16.5 Å². The van der Waals surface area contributed by atoms with Crippen LogP contribution >= 0.6 is 46.4 Å². The molecule has 0 bridgehead atoms. The van der Waals surface area contributed by atoms with Crippen LogP contribution in [0.2, 0.25) is 15.1 Å². The summed E-state index contributed by atoms with van der Waals surface area (Å²) in [6.07, 6.45) is 0. The van der Waals surface area contributed by atoms with Crippen molar-refractivity contribution in [2.75, 3.05) is 17.3 Å². The van der Waals surface area contributed by atoms with E-state index in [1.165, 1.54) is 13.2 Å². The lowest BCUT2D eigenvalue weighted by Gasteiger charge is -2.17. The zero-order chi connectivity index (χ0) is 19.0. The molecule has 2 aromatic carbocycles. The van der Waals surface area contributed by atoms with Crippen molar-refractivity contribution in [1.82, 2.24) is 0 Å². The fourth-order valence-corrected chi connectivity index (χ4v) is 3.23. The largest absolute Gasteiger partial charge is 0.495 e. The Hall–Kier alpha value is -1.92. The Morgan fingerprint density at radius 3 is 2.35 bits per heavy atom. The van der Waals surface area contributed by atoms with E-state index < -0.39 is 11.8 Å². The molecule has 0 saturated heterocycles. The van der Waals surface area contributed by atoms with E-state index in [2.05, 4.69) is 5.32 Å². The summed E-state index contributed by atoms with van der Waals surface area (Å²) in [7, 11) is 1.49. The standard InChI is InChI=1S/C17H10Cl4N2O3/c1-26-12-6-5-8(7-10(12)19)22-15-14(21)16(24)23(17(15)25)11-4-2-3-9(18)13(11)20/h2-7,22H,1H3. The lowest BCUT2D eigenvalue weighted by molar-refractivity contribution is -0.120. The predicted molar refractivity (Wildman–Crippen MR) is 103 cm³/mol. The molecule has 0 saturated carbocycles. The maximum atomic E-state index is 12.7. The van der Waals surface area contributed by atoms with Crippen molar-refractivity contribution < 1.29 is 14.3 Å². The molecule has 134 valence electrons. The number of anilines is 2. The molecule has 2 amide bonds. The van der Waals surface area contributed by atoms with Gasteiger partial charge in [0.1, 0.15) is 16.5 Å². The molecular formula is C17H10Cl4N2O3. The van der Waals surface area contributed by atoms with Gasteiger partial charge in [0.05, 0.1) is 27.9 Å². The summed E-state index contributed by atoms with van der Waals surface area (Å²) in [4.78, 5) is 26.1. The number of hydrogen-bond donors (Lipinski definition) is 1. The van der Waals surface area contributed by atoms with E-state index >= 15 is 0 Å². The van der Waals surface area contributed by atoms with Gasteiger partial charge in [0.15, 0.2) is 0 Å². The number of imide groups is 1. The van der Waals surface area contributed by atoms with Crippen molar-refractivity contribution in [3.8, 4) is 5.75 Å². The lowest BCUT2D eigenvalue weighted by atomic mass is 10.2. The van der Waals surface area contributed by atoms with Gasteiger partial charge in [0.25, 0.3) is 11.8 Å². The van der Waals surface area contributed by atoms with Gasteiger partial charge in [-0.05, 0) is 30.3 Å². The molecule has 1 aliphatic heterocycles. The van der Waals surface area contributed by atoms with Crippen LogP contribution in [0.4, 0.5) is 11.4 Å². The fourth-order valence-electron chi connectivity index (χ4n) is 2.38. The molecular weight excluding hydrogens is 422 g/mol. The number of ether oxygens (including phenoxy) is 1. The second-order valence-electron chi connectivity index (χ2n) is 5.18. The van der Waals surface area contributed by atoms with E-state index in [4.69, 9.17) is 51.1 Å². The van der Waals surface area contributed by atoms with Crippen molar-refractivity contribution in [3.63, 3.8) is 0 Å². The average Bonchev–Trinajstić information content (AvgIpc) is 2.81. The smallest absolute Gasteiger partial charge is 0.283 e. The van der Waals surface area contributed by atoms with Crippen LogP contribution in [0.1, 0.15) is 0 Å². The first-order valence-electron chi connectivity index (χ1n) is 7.18. The number of amides is 2. The molecule has 0 radical (unpaired) electrons. The van der Waals surface area contributed by atoms with Crippen LogP contribution in [0, 0.1) is 0 Å². The van der Waals surface area contributed by atoms with E-state index in [-0.39, 0.29) is 26.5 Å². The number of rotatable bonds is 4. The Morgan fingerprint density at radius 2 is 1.69 bits per heavy atom. The van der Waals surface area contributed by atoms with E-state index in [1.807, 2.05) is 0 Å². The zero-order valence-electron chi connectivity index (χ0n) is 13.1. The number of nitrogens with one attached hydrogen (secondary N) is 1. The molecule has 0 aliphatic carbocycles. The van der Waals surface area contributed by atoms with Crippen LogP contribution in [0.3, 0.4) is 0 Å². The lowest BCUT2D eigenvalue weighted by Crippen LogP contribution is -2.32. The fraction of sp³-hybridized carbons (Fsp3) is 0.0588. The third-order valence-electron chi connectivity index (χ3n) is 3.62. The Kier molecular flexibility index (Phi) is 5.34. The van der Waals surface area contributed by atoms with Crippen LogP contribution < -0.4 is 15.0 Å². The summed E-state index contributed by atoms with van der Waals surface area (Å²) < 4.78 is 5.07. The van der Waals surface area contributed by atoms with E-state index in [9.17, 15) is 9.59 Å². The maximum absolute atomic E-state index is 12.7. The third kappa shape index (κ3) is 3.23. The number of carbonyl (C=O) groups is 2. The highest BCUT2D eigenvalue weighted by Gasteiger charge is 2.40. The molecule has 0 atom stereocenters. The molecule has 3 rings (SSSR count). The van der Waals surface area contributed by atoms with Gasteiger partial charge in [-0.2, -0.15) is 0 Å². The van der Waals surface area contributed by atoms with Gasteiger partial charge in [-0.1, -0.05) is 52.5 Å². The Balaban J connectivity index is 1.94. The highest BCUT2D eigenvalue weighted by molar-refractivity contribution is 6.54. The van der Waals surface area contributed by atoms with Crippen molar-refractivity contribution in [1.29, 1.82) is 0 Å².